The lowest BCUT2D eigenvalue weighted by atomic mass is 10.3. The van der Waals surface area contributed by atoms with Crippen LogP contribution in [-0.4, -0.2) is 49.6 Å². The highest BCUT2D eigenvalue weighted by atomic mass is 19.4. The maximum Gasteiger partial charge on any atom is 0.416 e. The maximum atomic E-state index is 11.8. The van der Waals surface area contributed by atoms with Crippen LogP contribution in [0, 0.1) is 0 Å². The molecule has 4 N–H and O–H groups in total. The number of halogens is 3. The Morgan fingerprint density at radius 1 is 1.53 bits per heavy atom. The molecule has 0 heterocycles. The van der Waals surface area contributed by atoms with E-state index in [9.17, 15) is 18.0 Å². The molecule has 0 aromatic rings. The van der Waals surface area contributed by atoms with Gasteiger partial charge in [-0.1, -0.05) is 0 Å². The van der Waals surface area contributed by atoms with Crippen LogP contribution in [0.5, 0.6) is 0 Å². The van der Waals surface area contributed by atoms with Gasteiger partial charge in [-0.05, 0) is 0 Å². The molecule has 5 nitrogen and oxygen atoms in total. The van der Waals surface area contributed by atoms with Gasteiger partial charge in [0, 0.05) is 6.54 Å². The molecule has 1 atom stereocenters. The molecule has 0 spiro atoms. The number of nitrogens with one attached hydrogen (secondary N) is 1. The van der Waals surface area contributed by atoms with Crippen LogP contribution in [0.1, 0.15) is 0 Å². The molecule has 0 saturated carbocycles. The van der Waals surface area contributed by atoms with Crippen LogP contribution in [0.25, 0.3) is 0 Å². The van der Waals surface area contributed by atoms with Crippen molar-refractivity contribution in [2.45, 2.75) is 12.3 Å². The second-order valence-corrected chi connectivity index (χ2v) is 2.70. The van der Waals surface area contributed by atoms with Gasteiger partial charge in [-0.3, -0.25) is 4.79 Å². The molecule has 0 aliphatic carbocycles. The molecule has 0 fully saturated rings. The quantitative estimate of drug-likeness (QED) is 0.511. The molecule has 0 rings (SSSR count). The average Bonchev–Trinajstić information content (AvgIpc) is 2.13. The van der Waals surface area contributed by atoms with E-state index in [1.807, 2.05) is 5.32 Å². The summed E-state index contributed by atoms with van der Waals surface area (Å²) in [4.78, 5) is 10.8. The molecular weight excluding hydrogens is 217 g/mol. The van der Waals surface area contributed by atoms with Crippen molar-refractivity contribution in [2.75, 3.05) is 26.3 Å². The molecular formula is C7H13F3N2O3. The maximum absolute atomic E-state index is 11.8. The molecule has 0 aromatic heterocycles. The van der Waals surface area contributed by atoms with Gasteiger partial charge in [0.15, 0.2) is 6.10 Å². The molecule has 0 radical (unpaired) electrons. The van der Waals surface area contributed by atoms with Crippen molar-refractivity contribution in [3.8, 4) is 0 Å². The summed E-state index contributed by atoms with van der Waals surface area (Å²) >= 11 is 0. The second-order valence-electron chi connectivity index (χ2n) is 2.70. The van der Waals surface area contributed by atoms with Crippen molar-refractivity contribution in [2.24, 2.45) is 5.73 Å². The summed E-state index contributed by atoms with van der Waals surface area (Å²) in [6.07, 6.45) is -7.29. The summed E-state index contributed by atoms with van der Waals surface area (Å²) < 4.78 is 39.9. The lowest BCUT2D eigenvalue weighted by Crippen LogP contribution is -2.41. The van der Waals surface area contributed by atoms with E-state index in [0.717, 1.165) is 0 Å². The number of ether oxygens (including phenoxy) is 1. The Hall–Kier alpha value is -0.860. The minimum Gasteiger partial charge on any atom is -0.382 e. The third-order valence-electron chi connectivity index (χ3n) is 1.37. The van der Waals surface area contributed by atoms with Gasteiger partial charge in [0.25, 0.3) is 0 Å². The molecule has 1 unspecified atom stereocenters. The van der Waals surface area contributed by atoms with Crippen LogP contribution < -0.4 is 11.1 Å². The van der Waals surface area contributed by atoms with E-state index >= 15 is 0 Å². The van der Waals surface area contributed by atoms with Gasteiger partial charge in [0.05, 0.1) is 13.2 Å². The lowest BCUT2D eigenvalue weighted by molar-refractivity contribution is -0.201. The van der Waals surface area contributed by atoms with Crippen LogP contribution >= 0.6 is 0 Å². The molecule has 90 valence electrons. The van der Waals surface area contributed by atoms with Gasteiger partial charge < -0.3 is 20.9 Å². The fourth-order valence-corrected chi connectivity index (χ4v) is 0.625. The number of rotatable bonds is 6. The van der Waals surface area contributed by atoms with E-state index in [1.54, 1.807) is 0 Å². The van der Waals surface area contributed by atoms with Crippen molar-refractivity contribution in [1.82, 2.24) is 5.32 Å². The summed E-state index contributed by atoms with van der Waals surface area (Å²) in [5.74, 6) is -0.730. The minimum atomic E-state index is -4.73. The summed E-state index contributed by atoms with van der Waals surface area (Å²) in [6, 6.07) is 0. The van der Waals surface area contributed by atoms with Crippen LogP contribution in [0.2, 0.25) is 0 Å². The number of aliphatic hydroxyl groups excluding tert-OH is 1. The number of carbonyl (C=O) groups excluding carboxylic acids is 1. The highest BCUT2D eigenvalue weighted by Crippen LogP contribution is 2.18. The van der Waals surface area contributed by atoms with Crippen molar-refractivity contribution >= 4 is 5.91 Å². The fourth-order valence-electron chi connectivity index (χ4n) is 0.625. The first-order valence-corrected chi connectivity index (χ1v) is 4.17. The van der Waals surface area contributed by atoms with Crippen LogP contribution in [0.3, 0.4) is 0 Å². The molecule has 15 heavy (non-hydrogen) atoms. The zero-order valence-corrected chi connectivity index (χ0v) is 7.88. The Kier molecular flexibility index (Phi) is 6.21. The van der Waals surface area contributed by atoms with E-state index in [0.29, 0.717) is 0 Å². The molecule has 0 bridgehead atoms. The number of nitrogens with two attached hydrogens (primary N) is 1. The highest BCUT2D eigenvalue weighted by Gasteiger charge is 2.38. The fraction of sp³-hybridized carbons (Fsp3) is 0.857. The first-order valence-electron chi connectivity index (χ1n) is 4.17. The largest absolute Gasteiger partial charge is 0.416 e. The van der Waals surface area contributed by atoms with Crippen LogP contribution in [0.15, 0.2) is 0 Å². The van der Waals surface area contributed by atoms with E-state index in [-0.39, 0.29) is 19.8 Å². The number of amides is 1. The van der Waals surface area contributed by atoms with E-state index in [2.05, 4.69) is 4.74 Å². The average molecular weight is 230 g/mol. The molecule has 0 aliphatic heterocycles. The van der Waals surface area contributed by atoms with Gasteiger partial charge in [0.1, 0.15) is 6.61 Å². The number of alkyl halides is 3. The van der Waals surface area contributed by atoms with Crippen LogP contribution in [0.4, 0.5) is 13.2 Å². The monoisotopic (exact) mass is 230 g/mol. The molecule has 0 aromatic carbocycles. The summed E-state index contributed by atoms with van der Waals surface area (Å²) in [5, 5.41) is 10.4. The third kappa shape index (κ3) is 7.11. The number of hydrogen-bond acceptors (Lipinski definition) is 4. The predicted octanol–water partition coefficient (Wildman–Crippen LogP) is -0.999. The Morgan fingerprint density at radius 2 is 2.13 bits per heavy atom. The van der Waals surface area contributed by atoms with E-state index in [4.69, 9.17) is 10.8 Å². The first kappa shape index (κ1) is 14.1. The Labute approximate surface area is 84.4 Å². The molecule has 1 amide bonds. The summed E-state index contributed by atoms with van der Waals surface area (Å²) in [5.41, 5.74) is 5.05. The zero-order chi connectivity index (χ0) is 11.9. The van der Waals surface area contributed by atoms with E-state index < -0.39 is 24.7 Å². The van der Waals surface area contributed by atoms with Crippen LogP contribution in [-0.2, 0) is 9.53 Å². The Morgan fingerprint density at radius 3 is 2.60 bits per heavy atom. The van der Waals surface area contributed by atoms with Gasteiger partial charge in [-0.15, -0.1) is 0 Å². The van der Waals surface area contributed by atoms with Gasteiger partial charge >= 0.3 is 6.18 Å². The first-order chi connectivity index (χ1) is 6.88. The van der Waals surface area contributed by atoms with Gasteiger partial charge in [0.2, 0.25) is 5.91 Å². The van der Waals surface area contributed by atoms with Crippen molar-refractivity contribution in [1.29, 1.82) is 0 Å². The second kappa shape index (κ2) is 6.59. The van der Waals surface area contributed by atoms with Crippen molar-refractivity contribution in [3.05, 3.63) is 0 Å². The van der Waals surface area contributed by atoms with Gasteiger partial charge in [-0.25, -0.2) is 0 Å². The standard InChI is InChI=1S/C7H13F3N2O3/c8-7(9,10)5(13)3-12-6(14)4-15-2-1-11/h5,13H,1-4,11H2,(H,12,14). The summed E-state index contributed by atoms with van der Waals surface area (Å²) in [6.45, 7) is -0.885. The summed E-state index contributed by atoms with van der Waals surface area (Å²) in [7, 11) is 0. The zero-order valence-electron chi connectivity index (χ0n) is 7.88. The van der Waals surface area contributed by atoms with Crippen molar-refractivity contribution < 1.29 is 27.8 Å². The van der Waals surface area contributed by atoms with Crippen molar-refractivity contribution in [3.63, 3.8) is 0 Å². The van der Waals surface area contributed by atoms with E-state index in [1.165, 1.54) is 0 Å². The topological polar surface area (TPSA) is 84.6 Å². The SMILES string of the molecule is NCCOCC(=O)NCC(O)C(F)(F)F. The highest BCUT2D eigenvalue weighted by molar-refractivity contribution is 5.77. The smallest absolute Gasteiger partial charge is 0.382 e. The number of aliphatic hydroxyl groups is 1. The molecule has 0 aliphatic rings. The minimum absolute atomic E-state index is 0.148. The predicted molar refractivity (Wildman–Crippen MR) is 44.9 cm³/mol. The normalized spacial score (nSPS) is 13.7. The van der Waals surface area contributed by atoms with Gasteiger partial charge in [-0.2, -0.15) is 13.2 Å². The molecule has 8 heteroatoms. The lowest BCUT2D eigenvalue weighted by Gasteiger charge is -2.14. The molecule has 0 saturated heterocycles. The Bertz CT molecular complexity index is 198. The number of carbonyl (C=O) groups is 1. The third-order valence-corrected chi connectivity index (χ3v) is 1.37. The Balaban J connectivity index is 3.62. The number of hydrogen-bond donors (Lipinski definition) is 3.